The number of nitrogens with one attached hydrogen (secondary N) is 1. The Morgan fingerprint density at radius 3 is 2.46 bits per heavy atom. The maximum Gasteiger partial charge on any atom is 0.243 e. The lowest BCUT2D eigenvalue weighted by Crippen LogP contribution is -2.40. The number of aromatic nitrogens is 2. The highest BCUT2D eigenvalue weighted by atomic mass is 35.5. The van der Waals surface area contributed by atoms with Crippen LogP contribution < -0.4 is 11.1 Å². The summed E-state index contributed by atoms with van der Waals surface area (Å²) in [6.07, 6.45) is 1.79. The summed E-state index contributed by atoms with van der Waals surface area (Å²) in [5.41, 5.74) is 7.16. The summed E-state index contributed by atoms with van der Waals surface area (Å²) in [6.45, 7) is 6.11. The zero-order valence-corrected chi connectivity index (χ0v) is 15.9. The molecule has 0 saturated carbocycles. The minimum absolute atomic E-state index is 0. The monoisotopic (exact) mass is 368 g/mol. The summed E-state index contributed by atoms with van der Waals surface area (Å²) < 4.78 is 0. The Labute approximate surface area is 153 Å². The molecule has 5 nitrogen and oxygen atoms in total. The lowest BCUT2D eigenvalue weighted by atomic mass is 9.97. The quantitative estimate of drug-likeness (QED) is 0.778. The molecule has 2 aromatic rings. The van der Waals surface area contributed by atoms with E-state index in [2.05, 4.69) is 34.6 Å². The van der Waals surface area contributed by atoms with Crippen LogP contribution >= 0.6 is 23.7 Å². The molecule has 0 fully saturated rings. The van der Waals surface area contributed by atoms with E-state index in [1.807, 2.05) is 32.0 Å². The lowest BCUT2D eigenvalue weighted by Gasteiger charge is -2.16. The molecule has 0 saturated heterocycles. The van der Waals surface area contributed by atoms with Crippen molar-refractivity contribution in [3.05, 3.63) is 40.9 Å². The first kappa shape index (κ1) is 20.5. The molecule has 2 rings (SSSR count). The van der Waals surface area contributed by atoms with Gasteiger partial charge in [-0.05, 0) is 17.9 Å². The fourth-order valence-corrected chi connectivity index (χ4v) is 3.32. The van der Waals surface area contributed by atoms with E-state index in [-0.39, 0.29) is 30.2 Å². The topological polar surface area (TPSA) is 80.9 Å². The first-order chi connectivity index (χ1) is 11.1. The van der Waals surface area contributed by atoms with Gasteiger partial charge >= 0.3 is 0 Å². The third-order valence-electron chi connectivity index (χ3n) is 4.14. The Kier molecular flexibility index (Phi) is 8.31. The molecule has 3 N–H and O–H groups in total. The second kappa shape index (κ2) is 9.71. The van der Waals surface area contributed by atoms with Crippen LogP contribution in [0.1, 0.15) is 50.1 Å². The summed E-state index contributed by atoms with van der Waals surface area (Å²) in [6, 6.07) is 9.69. The Morgan fingerprint density at radius 1 is 1.21 bits per heavy atom. The van der Waals surface area contributed by atoms with Crippen molar-refractivity contribution in [1.82, 2.24) is 10.2 Å². The summed E-state index contributed by atoms with van der Waals surface area (Å²) in [7, 11) is 0. The SMILES string of the molecule is CCC(c1ccccc1)c1nnc(NC(=O)C(N)C(C)CC)s1.Cl. The van der Waals surface area contributed by atoms with Crippen molar-refractivity contribution >= 4 is 34.8 Å². The summed E-state index contributed by atoms with van der Waals surface area (Å²) in [5, 5.41) is 12.6. The van der Waals surface area contributed by atoms with Crippen LogP contribution in [0.3, 0.4) is 0 Å². The van der Waals surface area contributed by atoms with Gasteiger partial charge in [0, 0.05) is 5.92 Å². The van der Waals surface area contributed by atoms with Crippen LogP contribution in [0.5, 0.6) is 0 Å². The molecule has 24 heavy (non-hydrogen) atoms. The standard InChI is InChI=1S/C17H24N4OS.ClH/c1-4-11(3)14(18)15(22)19-17-21-20-16(23-17)13(5-2)12-9-7-6-8-10-12;/h6-11,13-14H,4-5,18H2,1-3H3,(H,19,21,22);1H. The summed E-state index contributed by atoms with van der Waals surface area (Å²) in [4.78, 5) is 12.1. The Morgan fingerprint density at radius 2 is 1.88 bits per heavy atom. The minimum Gasteiger partial charge on any atom is -0.320 e. The van der Waals surface area contributed by atoms with E-state index in [1.165, 1.54) is 16.9 Å². The fourth-order valence-electron chi connectivity index (χ4n) is 2.37. The van der Waals surface area contributed by atoms with Crippen molar-refractivity contribution in [2.75, 3.05) is 5.32 Å². The average molecular weight is 369 g/mol. The predicted octanol–water partition coefficient (Wildman–Crippen LogP) is 3.81. The average Bonchev–Trinajstić information content (AvgIpc) is 3.03. The number of amides is 1. The molecule has 1 amide bonds. The van der Waals surface area contributed by atoms with Crippen LogP contribution in [0, 0.1) is 5.92 Å². The van der Waals surface area contributed by atoms with Crippen molar-refractivity contribution in [2.45, 2.75) is 45.6 Å². The Hall–Kier alpha value is -1.50. The van der Waals surface area contributed by atoms with Crippen molar-refractivity contribution in [3.63, 3.8) is 0 Å². The van der Waals surface area contributed by atoms with Gasteiger partial charge in [-0.15, -0.1) is 22.6 Å². The number of carbonyl (C=O) groups is 1. The van der Waals surface area contributed by atoms with Gasteiger partial charge < -0.3 is 5.73 Å². The highest BCUT2D eigenvalue weighted by molar-refractivity contribution is 7.15. The number of halogens is 1. The van der Waals surface area contributed by atoms with Gasteiger partial charge in [0.2, 0.25) is 11.0 Å². The van der Waals surface area contributed by atoms with E-state index in [0.717, 1.165) is 17.8 Å². The first-order valence-electron chi connectivity index (χ1n) is 8.01. The number of hydrogen-bond donors (Lipinski definition) is 2. The number of nitrogens with zero attached hydrogens (tertiary/aromatic N) is 2. The molecule has 1 aromatic heterocycles. The smallest absolute Gasteiger partial charge is 0.243 e. The second-order valence-corrected chi connectivity index (χ2v) is 6.73. The maximum atomic E-state index is 12.1. The van der Waals surface area contributed by atoms with E-state index in [0.29, 0.717) is 5.13 Å². The Balaban J connectivity index is 0.00000288. The van der Waals surface area contributed by atoms with Gasteiger partial charge in [-0.3, -0.25) is 10.1 Å². The zero-order valence-electron chi connectivity index (χ0n) is 14.2. The van der Waals surface area contributed by atoms with Crippen molar-refractivity contribution in [3.8, 4) is 0 Å². The minimum atomic E-state index is -0.525. The molecule has 0 aliphatic carbocycles. The number of rotatable bonds is 7. The van der Waals surface area contributed by atoms with Gasteiger partial charge in [0.1, 0.15) is 5.01 Å². The third-order valence-corrected chi connectivity index (χ3v) is 5.09. The normalized spacial score (nSPS) is 14.3. The molecule has 1 heterocycles. The molecule has 3 atom stereocenters. The van der Waals surface area contributed by atoms with E-state index in [4.69, 9.17) is 5.73 Å². The molecule has 0 aliphatic rings. The molecular formula is C17H25ClN4OS. The van der Waals surface area contributed by atoms with E-state index in [9.17, 15) is 4.79 Å². The van der Waals surface area contributed by atoms with Gasteiger partial charge in [0.25, 0.3) is 0 Å². The highest BCUT2D eigenvalue weighted by Gasteiger charge is 2.22. The largest absolute Gasteiger partial charge is 0.320 e. The molecule has 0 aliphatic heterocycles. The van der Waals surface area contributed by atoms with Crippen LogP contribution in [0.25, 0.3) is 0 Å². The fraction of sp³-hybridized carbons (Fsp3) is 0.471. The van der Waals surface area contributed by atoms with Crippen molar-refractivity contribution < 1.29 is 4.79 Å². The number of nitrogens with two attached hydrogens (primary N) is 1. The maximum absolute atomic E-state index is 12.1. The van der Waals surface area contributed by atoms with Crippen molar-refractivity contribution in [2.24, 2.45) is 11.7 Å². The van der Waals surface area contributed by atoms with Gasteiger partial charge in [-0.1, -0.05) is 68.9 Å². The van der Waals surface area contributed by atoms with Crippen LogP contribution in [-0.4, -0.2) is 22.1 Å². The van der Waals surface area contributed by atoms with Crippen LogP contribution in [-0.2, 0) is 4.79 Å². The molecule has 0 radical (unpaired) electrons. The highest BCUT2D eigenvalue weighted by Crippen LogP contribution is 2.31. The van der Waals surface area contributed by atoms with E-state index >= 15 is 0 Å². The van der Waals surface area contributed by atoms with Gasteiger partial charge in [0.15, 0.2) is 0 Å². The first-order valence-corrected chi connectivity index (χ1v) is 8.83. The van der Waals surface area contributed by atoms with Crippen LogP contribution in [0.4, 0.5) is 5.13 Å². The summed E-state index contributed by atoms with van der Waals surface area (Å²) in [5.74, 6) is 0.132. The Bertz CT molecular complexity index is 635. The van der Waals surface area contributed by atoms with E-state index in [1.54, 1.807) is 0 Å². The molecular weight excluding hydrogens is 344 g/mol. The molecule has 7 heteroatoms. The number of anilines is 1. The second-order valence-electron chi connectivity index (χ2n) is 5.72. The molecule has 132 valence electrons. The zero-order chi connectivity index (χ0) is 16.8. The van der Waals surface area contributed by atoms with Gasteiger partial charge in [-0.2, -0.15) is 0 Å². The molecule has 0 spiro atoms. The van der Waals surface area contributed by atoms with E-state index < -0.39 is 6.04 Å². The molecule has 1 aromatic carbocycles. The number of hydrogen-bond acceptors (Lipinski definition) is 5. The molecule has 0 bridgehead atoms. The molecule has 3 unspecified atom stereocenters. The van der Waals surface area contributed by atoms with Gasteiger partial charge in [0.05, 0.1) is 6.04 Å². The van der Waals surface area contributed by atoms with Crippen LogP contribution in [0.2, 0.25) is 0 Å². The predicted molar refractivity (Wildman–Crippen MR) is 102 cm³/mol. The summed E-state index contributed by atoms with van der Waals surface area (Å²) >= 11 is 1.42. The van der Waals surface area contributed by atoms with Crippen LogP contribution in [0.15, 0.2) is 30.3 Å². The lowest BCUT2D eigenvalue weighted by molar-refractivity contribution is -0.118. The van der Waals surface area contributed by atoms with Crippen molar-refractivity contribution in [1.29, 1.82) is 0 Å². The van der Waals surface area contributed by atoms with Gasteiger partial charge in [-0.25, -0.2) is 0 Å². The number of benzene rings is 1. The third kappa shape index (κ3) is 5.00. The number of carbonyl (C=O) groups excluding carboxylic acids is 1.